The van der Waals surface area contributed by atoms with E-state index in [-0.39, 0.29) is 0 Å². The summed E-state index contributed by atoms with van der Waals surface area (Å²) in [6.07, 6.45) is 1.07. The summed E-state index contributed by atoms with van der Waals surface area (Å²) in [7, 11) is 0. The van der Waals surface area contributed by atoms with Crippen LogP contribution < -0.4 is 0 Å². The van der Waals surface area contributed by atoms with E-state index in [1.807, 2.05) is 13.8 Å². The van der Waals surface area contributed by atoms with Crippen LogP contribution in [0.4, 0.5) is 0 Å². The first kappa shape index (κ1) is 13.7. The summed E-state index contributed by atoms with van der Waals surface area (Å²) >= 11 is 0. The van der Waals surface area contributed by atoms with E-state index >= 15 is 0 Å². The second-order valence-corrected chi connectivity index (χ2v) is 5.47. The highest BCUT2D eigenvalue weighted by Gasteiger charge is 2.22. The van der Waals surface area contributed by atoms with E-state index in [1.54, 1.807) is 0 Å². The normalized spacial score (nSPS) is 20.0. The van der Waals surface area contributed by atoms with Crippen LogP contribution in [0.1, 0.15) is 27.2 Å². The molecule has 0 saturated carbocycles. The van der Waals surface area contributed by atoms with Gasteiger partial charge in [0, 0.05) is 39.3 Å². The van der Waals surface area contributed by atoms with Gasteiger partial charge in [-0.25, -0.2) is 0 Å². The summed E-state index contributed by atoms with van der Waals surface area (Å²) in [6.45, 7) is 16.1. The van der Waals surface area contributed by atoms with E-state index in [1.165, 1.54) is 5.57 Å². The molecule has 94 valence electrons. The molecular formula is C13H26N2O. The molecule has 16 heavy (non-hydrogen) atoms. The molecule has 0 radical (unpaired) electrons. The molecule has 1 rings (SSSR count). The number of rotatable bonds is 5. The van der Waals surface area contributed by atoms with Crippen molar-refractivity contribution in [3.63, 3.8) is 0 Å². The Hall–Kier alpha value is -0.380. The molecule has 1 fully saturated rings. The zero-order chi connectivity index (χ0) is 12.2. The van der Waals surface area contributed by atoms with Gasteiger partial charge >= 0.3 is 0 Å². The van der Waals surface area contributed by atoms with Crippen LogP contribution in [0.2, 0.25) is 0 Å². The highest BCUT2D eigenvalue weighted by atomic mass is 16.3. The first-order valence-electron chi connectivity index (χ1n) is 6.24. The van der Waals surface area contributed by atoms with E-state index in [4.69, 9.17) is 0 Å². The monoisotopic (exact) mass is 226 g/mol. The molecular weight excluding hydrogens is 200 g/mol. The largest absolute Gasteiger partial charge is 0.389 e. The molecule has 0 spiro atoms. The summed E-state index contributed by atoms with van der Waals surface area (Å²) in [5, 5.41) is 9.75. The lowest BCUT2D eigenvalue weighted by molar-refractivity contribution is 0.0189. The van der Waals surface area contributed by atoms with Crippen molar-refractivity contribution in [2.45, 2.75) is 32.8 Å². The van der Waals surface area contributed by atoms with Gasteiger partial charge in [0.2, 0.25) is 0 Å². The van der Waals surface area contributed by atoms with Gasteiger partial charge in [0.25, 0.3) is 0 Å². The van der Waals surface area contributed by atoms with E-state index < -0.39 is 5.60 Å². The average molecular weight is 226 g/mol. The van der Waals surface area contributed by atoms with Gasteiger partial charge < -0.3 is 5.11 Å². The topological polar surface area (TPSA) is 26.7 Å². The smallest absolute Gasteiger partial charge is 0.0718 e. The number of piperazine rings is 1. The minimum atomic E-state index is -0.574. The minimum Gasteiger partial charge on any atom is -0.389 e. The van der Waals surface area contributed by atoms with Crippen LogP contribution in [0.5, 0.6) is 0 Å². The van der Waals surface area contributed by atoms with Crippen molar-refractivity contribution in [1.82, 2.24) is 9.80 Å². The lowest BCUT2D eigenvalue weighted by Crippen LogP contribution is -2.50. The van der Waals surface area contributed by atoms with Crippen molar-refractivity contribution in [2.24, 2.45) is 0 Å². The maximum absolute atomic E-state index is 9.75. The summed E-state index contributed by atoms with van der Waals surface area (Å²) in [6, 6.07) is 0. The van der Waals surface area contributed by atoms with Crippen LogP contribution in [0, 0.1) is 0 Å². The van der Waals surface area contributed by atoms with Gasteiger partial charge in [-0.05, 0) is 20.3 Å². The van der Waals surface area contributed by atoms with E-state index in [2.05, 4.69) is 23.3 Å². The third kappa shape index (κ3) is 5.10. The Bertz CT molecular complexity index is 225. The zero-order valence-corrected chi connectivity index (χ0v) is 11.0. The maximum atomic E-state index is 9.75. The number of hydrogen-bond acceptors (Lipinski definition) is 3. The van der Waals surface area contributed by atoms with Crippen molar-refractivity contribution in [3.8, 4) is 0 Å². The number of aliphatic hydroxyl groups is 1. The third-order valence-electron chi connectivity index (χ3n) is 3.02. The van der Waals surface area contributed by atoms with Gasteiger partial charge in [-0.3, -0.25) is 9.80 Å². The second kappa shape index (κ2) is 5.80. The van der Waals surface area contributed by atoms with Crippen LogP contribution in [-0.2, 0) is 0 Å². The molecule has 0 aliphatic carbocycles. The van der Waals surface area contributed by atoms with Gasteiger partial charge in [0.05, 0.1) is 5.60 Å². The predicted octanol–water partition coefficient (Wildman–Crippen LogP) is 1.34. The van der Waals surface area contributed by atoms with Crippen molar-refractivity contribution >= 4 is 0 Å². The fraction of sp³-hybridized carbons (Fsp3) is 0.846. The molecule has 3 nitrogen and oxygen atoms in total. The number of β-amino-alcohol motifs (C(OH)–C–C–N with tert-alkyl or cyclic N) is 1. The van der Waals surface area contributed by atoms with Gasteiger partial charge in [0.15, 0.2) is 0 Å². The zero-order valence-electron chi connectivity index (χ0n) is 11.0. The molecule has 0 unspecified atom stereocenters. The average Bonchev–Trinajstić information content (AvgIpc) is 2.18. The Morgan fingerprint density at radius 1 is 1.19 bits per heavy atom. The van der Waals surface area contributed by atoms with Crippen LogP contribution in [0.25, 0.3) is 0 Å². The summed E-state index contributed by atoms with van der Waals surface area (Å²) in [5.74, 6) is 0. The molecule has 0 aromatic rings. The number of hydrogen-bond donors (Lipinski definition) is 1. The highest BCUT2D eigenvalue weighted by Crippen LogP contribution is 2.10. The fourth-order valence-corrected chi connectivity index (χ4v) is 2.08. The van der Waals surface area contributed by atoms with Crippen molar-refractivity contribution < 1.29 is 5.11 Å². The SMILES string of the molecule is C=C(CC)CN1CCN(CC(C)(C)O)CC1. The predicted molar refractivity (Wildman–Crippen MR) is 68.6 cm³/mol. The molecule has 1 N–H and O–H groups in total. The Morgan fingerprint density at radius 2 is 1.69 bits per heavy atom. The van der Waals surface area contributed by atoms with E-state index in [0.29, 0.717) is 0 Å². The fourth-order valence-electron chi connectivity index (χ4n) is 2.08. The number of nitrogens with zero attached hydrogens (tertiary/aromatic N) is 2. The van der Waals surface area contributed by atoms with Crippen LogP contribution in [0.3, 0.4) is 0 Å². The highest BCUT2D eigenvalue weighted by molar-refractivity contribution is 4.96. The van der Waals surface area contributed by atoms with Gasteiger partial charge in [-0.15, -0.1) is 0 Å². The summed E-state index contributed by atoms with van der Waals surface area (Å²) in [5.41, 5.74) is 0.741. The molecule has 0 atom stereocenters. The van der Waals surface area contributed by atoms with Gasteiger partial charge in [-0.1, -0.05) is 19.1 Å². The minimum absolute atomic E-state index is 0.574. The quantitative estimate of drug-likeness (QED) is 0.717. The Kier molecular flexibility index (Phi) is 4.96. The molecule has 1 aliphatic heterocycles. The molecule has 1 heterocycles. The van der Waals surface area contributed by atoms with Crippen LogP contribution in [0.15, 0.2) is 12.2 Å². The van der Waals surface area contributed by atoms with Crippen LogP contribution >= 0.6 is 0 Å². The lowest BCUT2D eigenvalue weighted by atomic mass is 10.1. The maximum Gasteiger partial charge on any atom is 0.0718 e. The van der Waals surface area contributed by atoms with Gasteiger partial charge in [0.1, 0.15) is 0 Å². The summed E-state index contributed by atoms with van der Waals surface area (Å²) in [4.78, 5) is 4.79. The van der Waals surface area contributed by atoms with Crippen molar-refractivity contribution in [2.75, 3.05) is 39.3 Å². The Labute approximate surface area is 99.7 Å². The molecule has 1 aliphatic rings. The lowest BCUT2D eigenvalue weighted by Gasteiger charge is -2.37. The molecule has 0 bridgehead atoms. The standard InChI is InChI=1S/C13H26N2O/c1-5-12(2)10-14-6-8-15(9-7-14)11-13(3,4)16/h16H,2,5-11H2,1,3-4H3. The molecule has 0 aromatic heterocycles. The third-order valence-corrected chi connectivity index (χ3v) is 3.02. The summed E-state index contributed by atoms with van der Waals surface area (Å²) < 4.78 is 0. The first-order chi connectivity index (χ1) is 7.40. The molecule has 1 saturated heterocycles. The molecule has 0 aromatic carbocycles. The second-order valence-electron chi connectivity index (χ2n) is 5.47. The van der Waals surface area contributed by atoms with E-state index in [0.717, 1.165) is 45.7 Å². The van der Waals surface area contributed by atoms with Crippen molar-refractivity contribution in [1.29, 1.82) is 0 Å². The molecule has 0 amide bonds. The Morgan fingerprint density at radius 3 is 2.12 bits per heavy atom. The van der Waals surface area contributed by atoms with Crippen molar-refractivity contribution in [3.05, 3.63) is 12.2 Å². The molecule has 3 heteroatoms. The van der Waals surface area contributed by atoms with E-state index in [9.17, 15) is 5.11 Å². The first-order valence-corrected chi connectivity index (χ1v) is 6.24. The van der Waals surface area contributed by atoms with Crippen LogP contribution in [-0.4, -0.2) is 59.8 Å². The van der Waals surface area contributed by atoms with Gasteiger partial charge in [-0.2, -0.15) is 0 Å². The Balaban J connectivity index is 2.26.